The van der Waals surface area contributed by atoms with Gasteiger partial charge in [0.25, 0.3) is 0 Å². The number of benzene rings is 1. The van der Waals surface area contributed by atoms with Crippen LogP contribution in [0.3, 0.4) is 0 Å². The number of halogens is 1. The van der Waals surface area contributed by atoms with Crippen LogP contribution >= 0.6 is 0 Å². The lowest BCUT2D eigenvalue weighted by Crippen LogP contribution is -2.28. The molecule has 0 saturated heterocycles. The molecule has 76 valence electrons. The zero-order chi connectivity index (χ0) is 10.1. The Bertz CT molecular complexity index is 351. The molecule has 1 aromatic carbocycles. The van der Waals surface area contributed by atoms with Crippen molar-refractivity contribution < 1.29 is 9.13 Å². The monoisotopic (exact) mass is 195 g/mol. The number of hydrogen-bond donors (Lipinski definition) is 1. The number of rotatable bonds is 1. The molecule has 0 amide bonds. The van der Waals surface area contributed by atoms with Gasteiger partial charge in [-0.25, -0.2) is 4.39 Å². The van der Waals surface area contributed by atoms with Crippen molar-refractivity contribution in [1.29, 1.82) is 0 Å². The molecule has 1 aliphatic rings. The summed E-state index contributed by atoms with van der Waals surface area (Å²) in [6, 6.07) is 3.49. The lowest BCUT2D eigenvalue weighted by molar-refractivity contribution is 0.408. The summed E-state index contributed by atoms with van der Waals surface area (Å²) in [6.45, 7) is 0. The van der Waals surface area contributed by atoms with Crippen molar-refractivity contribution in [2.75, 3.05) is 7.11 Å². The molecular weight excluding hydrogens is 181 g/mol. The van der Waals surface area contributed by atoms with Gasteiger partial charge in [-0.1, -0.05) is 0 Å². The minimum atomic E-state index is -0.161. The lowest BCUT2D eigenvalue weighted by atomic mass is 9.88. The molecule has 0 bridgehead atoms. The highest BCUT2D eigenvalue weighted by atomic mass is 19.1. The molecule has 0 radical (unpaired) electrons. The summed E-state index contributed by atoms with van der Waals surface area (Å²) in [7, 11) is 1.55. The molecule has 2 N–H and O–H groups in total. The first kappa shape index (κ1) is 9.46. The standard InChI is InChI=1S/C11H14FNO/c1-14-9-5-7-4-8(13)2-3-10(7)11(12)6-9/h5-6,8H,2-4,13H2,1H3/t8-/m1/s1. The number of nitrogens with two attached hydrogens (primary N) is 1. The summed E-state index contributed by atoms with van der Waals surface area (Å²) in [4.78, 5) is 0. The van der Waals surface area contributed by atoms with Crippen molar-refractivity contribution in [2.24, 2.45) is 5.73 Å². The highest BCUT2D eigenvalue weighted by Crippen LogP contribution is 2.27. The summed E-state index contributed by atoms with van der Waals surface area (Å²) in [6.07, 6.45) is 2.37. The molecule has 0 fully saturated rings. The quantitative estimate of drug-likeness (QED) is 0.739. The maximum absolute atomic E-state index is 13.5. The zero-order valence-electron chi connectivity index (χ0n) is 8.22. The van der Waals surface area contributed by atoms with Crippen LogP contribution in [-0.2, 0) is 12.8 Å². The van der Waals surface area contributed by atoms with E-state index in [4.69, 9.17) is 10.5 Å². The Labute approximate surface area is 82.9 Å². The highest BCUT2D eigenvalue weighted by molar-refractivity contribution is 5.39. The Morgan fingerprint density at radius 3 is 3.00 bits per heavy atom. The summed E-state index contributed by atoms with van der Waals surface area (Å²) >= 11 is 0. The maximum atomic E-state index is 13.5. The van der Waals surface area contributed by atoms with Crippen LogP contribution in [0.25, 0.3) is 0 Å². The van der Waals surface area contributed by atoms with E-state index in [1.54, 1.807) is 7.11 Å². The van der Waals surface area contributed by atoms with Gasteiger partial charge in [0.15, 0.2) is 0 Å². The highest BCUT2D eigenvalue weighted by Gasteiger charge is 2.19. The first-order valence-corrected chi connectivity index (χ1v) is 4.81. The molecule has 0 heterocycles. The zero-order valence-corrected chi connectivity index (χ0v) is 8.22. The van der Waals surface area contributed by atoms with E-state index >= 15 is 0 Å². The van der Waals surface area contributed by atoms with E-state index in [9.17, 15) is 4.39 Å². The Kier molecular flexibility index (Phi) is 2.42. The van der Waals surface area contributed by atoms with E-state index in [1.165, 1.54) is 6.07 Å². The van der Waals surface area contributed by atoms with Gasteiger partial charge in [0.1, 0.15) is 11.6 Å². The third-order valence-electron chi connectivity index (χ3n) is 2.74. The van der Waals surface area contributed by atoms with Crippen LogP contribution in [0.2, 0.25) is 0 Å². The number of methoxy groups -OCH3 is 1. The molecule has 1 aliphatic carbocycles. The van der Waals surface area contributed by atoms with Gasteiger partial charge >= 0.3 is 0 Å². The van der Waals surface area contributed by atoms with E-state index in [1.807, 2.05) is 6.07 Å². The average molecular weight is 195 g/mol. The number of hydrogen-bond acceptors (Lipinski definition) is 2. The second kappa shape index (κ2) is 3.58. The van der Waals surface area contributed by atoms with E-state index in [0.717, 1.165) is 30.4 Å². The third kappa shape index (κ3) is 1.60. The predicted octanol–water partition coefficient (Wildman–Crippen LogP) is 1.65. The molecule has 0 spiro atoms. The first-order chi connectivity index (χ1) is 6.70. The molecule has 0 aromatic heterocycles. The second-order valence-electron chi connectivity index (χ2n) is 3.75. The summed E-state index contributed by atoms with van der Waals surface area (Å²) in [5.41, 5.74) is 7.64. The lowest BCUT2D eigenvalue weighted by Gasteiger charge is -2.22. The van der Waals surface area contributed by atoms with E-state index in [-0.39, 0.29) is 11.9 Å². The number of fused-ring (bicyclic) bond motifs is 1. The maximum Gasteiger partial charge on any atom is 0.130 e. The van der Waals surface area contributed by atoms with E-state index in [2.05, 4.69) is 0 Å². The van der Waals surface area contributed by atoms with Gasteiger partial charge in [-0.15, -0.1) is 0 Å². The topological polar surface area (TPSA) is 35.2 Å². The van der Waals surface area contributed by atoms with Gasteiger partial charge in [-0.3, -0.25) is 0 Å². The molecule has 0 unspecified atom stereocenters. The third-order valence-corrected chi connectivity index (χ3v) is 2.74. The first-order valence-electron chi connectivity index (χ1n) is 4.81. The normalized spacial score (nSPS) is 20.4. The molecule has 1 aromatic rings. The van der Waals surface area contributed by atoms with Crippen molar-refractivity contribution in [3.05, 3.63) is 29.1 Å². The summed E-state index contributed by atoms with van der Waals surface area (Å²) in [5, 5.41) is 0. The van der Waals surface area contributed by atoms with Gasteiger partial charge in [0.05, 0.1) is 7.11 Å². The van der Waals surface area contributed by atoms with Crippen molar-refractivity contribution >= 4 is 0 Å². The van der Waals surface area contributed by atoms with Crippen LogP contribution in [0.5, 0.6) is 5.75 Å². The number of ether oxygens (including phenoxy) is 1. The molecule has 3 heteroatoms. The SMILES string of the molecule is COc1cc(F)c2c(c1)C[C@H](N)CC2. The Morgan fingerprint density at radius 1 is 1.50 bits per heavy atom. The van der Waals surface area contributed by atoms with Crippen molar-refractivity contribution in [3.63, 3.8) is 0 Å². The van der Waals surface area contributed by atoms with E-state index in [0.29, 0.717) is 5.75 Å². The summed E-state index contributed by atoms with van der Waals surface area (Å²) < 4.78 is 18.5. The minimum absolute atomic E-state index is 0.161. The van der Waals surface area contributed by atoms with Crippen LogP contribution in [0, 0.1) is 5.82 Å². The van der Waals surface area contributed by atoms with Crippen LogP contribution < -0.4 is 10.5 Å². The molecule has 14 heavy (non-hydrogen) atoms. The second-order valence-corrected chi connectivity index (χ2v) is 3.75. The van der Waals surface area contributed by atoms with Crippen molar-refractivity contribution in [3.8, 4) is 5.75 Å². The molecular formula is C11H14FNO. The van der Waals surface area contributed by atoms with Crippen LogP contribution in [0.1, 0.15) is 17.5 Å². The fraction of sp³-hybridized carbons (Fsp3) is 0.455. The molecule has 2 rings (SSSR count). The summed E-state index contributed by atoms with van der Waals surface area (Å²) in [5.74, 6) is 0.418. The molecule has 1 atom stereocenters. The Hall–Kier alpha value is -1.09. The van der Waals surface area contributed by atoms with Gasteiger partial charge in [-0.05, 0) is 36.5 Å². The average Bonchev–Trinajstić information content (AvgIpc) is 2.16. The van der Waals surface area contributed by atoms with E-state index < -0.39 is 0 Å². The Morgan fingerprint density at radius 2 is 2.29 bits per heavy atom. The smallest absolute Gasteiger partial charge is 0.130 e. The van der Waals surface area contributed by atoms with Crippen LogP contribution in [0.15, 0.2) is 12.1 Å². The fourth-order valence-corrected chi connectivity index (χ4v) is 1.96. The van der Waals surface area contributed by atoms with Gasteiger partial charge in [0, 0.05) is 12.1 Å². The largest absolute Gasteiger partial charge is 0.497 e. The van der Waals surface area contributed by atoms with Crippen LogP contribution in [-0.4, -0.2) is 13.2 Å². The molecule has 0 saturated carbocycles. The minimum Gasteiger partial charge on any atom is -0.497 e. The Balaban J connectivity index is 2.43. The predicted molar refractivity (Wildman–Crippen MR) is 53.0 cm³/mol. The van der Waals surface area contributed by atoms with Crippen LogP contribution in [0.4, 0.5) is 4.39 Å². The van der Waals surface area contributed by atoms with Crippen molar-refractivity contribution in [2.45, 2.75) is 25.3 Å². The van der Waals surface area contributed by atoms with Gasteiger partial charge in [0.2, 0.25) is 0 Å². The fourth-order valence-electron chi connectivity index (χ4n) is 1.96. The molecule has 0 aliphatic heterocycles. The van der Waals surface area contributed by atoms with Gasteiger partial charge < -0.3 is 10.5 Å². The van der Waals surface area contributed by atoms with Crippen molar-refractivity contribution in [1.82, 2.24) is 0 Å². The van der Waals surface area contributed by atoms with Gasteiger partial charge in [-0.2, -0.15) is 0 Å². The molecule has 2 nitrogen and oxygen atoms in total.